The number of phenols is 1. The molecule has 0 bridgehead atoms. The fourth-order valence-corrected chi connectivity index (χ4v) is 1.85. The van der Waals surface area contributed by atoms with E-state index in [9.17, 15) is 5.11 Å². The van der Waals surface area contributed by atoms with Crippen molar-refractivity contribution in [2.75, 3.05) is 0 Å². The molecule has 0 amide bonds. The molecule has 2 aromatic carbocycles. The highest BCUT2D eigenvalue weighted by molar-refractivity contribution is 5.38. The lowest BCUT2D eigenvalue weighted by atomic mass is 10.2. The number of nitrogens with zero attached hydrogens (tertiary/aromatic N) is 2. The van der Waals surface area contributed by atoms with Crippen LogP contribution in [0.4, 0.5) is 0 Å². The van der Waals surface area contributed by atoms with Gasteiger partial charge in [0, 0.05) is 0 Å². The second kappa shape index (κ2) is 5.09. The van der Waals surface area contributed by atoms with Crippen molar-refractivity contribution >= 4 is 0 Å². The highest BCUT2D eigenvalue weighted by atomic mass is 16.5. The Kier molecular flexibility index (Phi) is 3.13. The van der Waals surface area contributed by atoms with Gasteiger partial charge in [0.15, 0.2) is 5.75 Å². The first-order valence-electron chi connectivity index (χ1n) is 6.29. The molecule has 0 aliphatic rings. The summed E-state index contributed by atoms with van der Waals surface area (Å²) < 4.78 is 7.42. The van der Waals surface area contributed by atoms with Crippen molar-refractivity contribution < 1.29 is 9.84 Å². The summed E-state index contributed by atoms with van der Waals surface area (Å²) in [5.74, 6) is 1.68. The third-order valence-electron chi connectivity index (χ3n) is 2.93. The average molecular weight is 266 g/mol. The minimum absolute atomic E-state index is 0.233. The van der Waals surface area contributed by atoms with Crippen LogP contribution in [0.2, 0.25) is 0 Å². The molecule has 0 aliphatic carbocycles. The van der Waals surface area contributed by atoms with E-state index in [1.807, 2.05) is 31.2 Å². The summed E-state index contributed by atoms with van der Waals surface area (Å²) in [4.78, 5) is 0. The maximum atomic E-state index is 9.27. The Morgan fingerprint density at radius 2 is 1.65 bits per heavy atom. The SMILES string of the molecule is Cc1ccc(Oc2cnn(-c3ccc(O)cc3)c2)cc1. The Morgan fingerprint density at radius 1 is 0.950 bits per heavy atom. The predicted molar refractivity (Wildman–Crippen MR) is 76.5 cm³/mol. The minimum atomic E-state index is 0.233. The maximum Gasteiger partial charge on any atom is 0.165 e. The highest BCUT2D eigenvalue weighted by Gasteiger charge is 2.03. The van der Waals surface area contributed by atoms with Crippen molar-refractivity contribution in [3.63, 3.8) is 0 Å². The molecule has 1 aromatic heterocycles. The van der Waals surface area contributed by atoms with Crippen LogP contribution in [0, 0.1) is 6.92 Å². The summed E-state index contributed by atoms with van der Waals surface area (Å²) in [5.41, 5.74) is 2.05. The van der Waals surface area contributed by atoms with Gasteiger partial charge in [-0.2, -0.15) is 5.10 Å². The van der Waals surface area contributed by atoms with Crippen molar-refractivity contribution in [2.24, 2.45) is 0 Å². The van der Waals surface area contributed by atoms with E-state index in [4.69, 9.17) is 4.74 Å². The zero-order valence-corrected chi connectivity index (χ0v) is 11.0. The second-order valence-corrected chi connectivity index (χ2v) is 4.55. The first-order valence-corrected chi connectivity index (χ1v) is 6.29. The number of phenolic OH excluding ortho intramolecular Hbond substituents is 1. The Bertz CT molecular complexity index is 700. The molecule has 0 unspecified atom stereocenters. The normalized spacial score (nSPS) is 10.4. The molecule has 1 heterocycles. The summed E-state index contributed by atoms with van der Waals surface area (Å²) in [6.45, 7) is 2.03. The summed E-state index contributed by atoms with van der Waals surface area (Å²) in [5, 5.41) is 13.5. The fourth-order valence-electron chi connectivity index (χ4n) is 1.85. The van der Waals surface area contributed by atoms with E-state index in [1.165, 1.54) is 5.56 Å². The van der Waals surface area contributed by atoms with Crippen LogP contribution in [-0.4, -0.2) is 14.9 Å². The van der Waals surface area contributed by atoms with Crippen LogP contribution >= 0.6 is 0 Å². The molecule has 20 heavy (non-hydrogen) atoms. The van der Waals surface area contributed by atoms with Crippen molar-refractivity contribution in [3.8, 4) is 22.9 Å². The molecule has 0 atom stereocenters. The van der Waals surface area contributed by atoms with E-state index >= 15 is 0 Å². The third-order valence-corrected chi connectivity index (χ3v) is 2.93. The van der Waals surface area contributed by atoms with Crippen LogP contribution in [0.1, 0.15) is 5.56 Å². The van der Waals surface area contributed by atoms with Gasteiger partial charge in [-0.1, -0.05) is 17.7 Å². The van der Waals surface area contributed by atoms with Gasteiger partial charge in [0.05, 0.1) is 18.1 Å². The average Bonchev–Trinajstić information content (AvgIpc) is 2.91. The summed E-state index contributed by atoms with van der Waals surface area (Å²) in [7, 11) is 0. The van der Waals surface area contributed by atoms with Crippen LogP contribution in [0.15, 0.2) is 60.9 Å². The second-order valence-electron chi connectivity index (χ2n) is 4.55. The highest BCUT2D eigenvalue weighted by Crippen LogP contribution is 2.22. The quantitative estimate of drug-likeness (QED) is 0.786. The molecule has 3 rings (SSSR count). The predicted octanol–water partition coefficient (Wildman–Crippen LogP) is 3.68. The van der Waals surface area contributed by atoms with Gasteiger partial charge >= 0.3 is 0 Å². The molecular formula is C16H14N2O2. The molecule has 1 N–H and O–H groups in total. The van der Waals surface area contributed by atoms with E-state index < -0.39 is 0 Å². The first kappa shape index (κ1) is 12.3. The third kappa shape index (κ3) is 2.64. The number of ether oxygens (including phenoxy) is 1. The van der Waals surface area contributed by atoms with Gasteiger partial charge in [0.1, 0.15) is 11.5 Å². The number of aromatic nitrogens is 2. The molecule has 4 heteroatoms. The molecule has 4 nitrogen and oxygen atoms in total. The molecule has 0 spiro atoms. The molecule has 100 valence electrons. The van der Waals surface area contributed by atoms with Crippen LogP contribution in [-0.2, 0) is 0 Å². The fraction of sp³-hybridized carbons (Fsp3) is 0.0625. The van der Waals surface area contributed by atoms with Gasteiger partial charge in [-0.25, -0.2) is 4.68 Å². The van der Waals surface area contributed by atoms with Crippen molar-refractivity contribution in [1.29, 1.82) is 0 Å². The molecular weight excluding hydrogens is 252 g/mol. The molecule has 3 aromatic rings. The van der Waals surface area contributed by atoms with Gasteiger partial charge in [0.2, 0.25) is 0 Å². The molecule has 0 aliphatic heterocycles. The van der Waals surface area contributed by atoms with Crippen LogP contribution in [0.25, 0.3) is 5.69 Å². The summed E-state index contributed by atoms with van der Waals surface area (Å²) >= 11 is 0. The van der Waals surface area contributed by atoms with Crippen LogP contribution in [0.3, 0.4) is 0 Å². The zero-order valence-electron chi connectivity index (χ0n) is 11.0. The number of rotatable bonds is 3. The molecule has 0 saturated heterocycles. The maximum absolute atomic E-state index is 9.27. The lowest BCUT2D eigenvalue weighted by molar-refractivity contribution is 0.475. The van der Waals surface area contributed by atoms with Gasteiger partial charge < -0.3 is 9.84 Å². The lowest BCUT2D eigenvalue weighted by Crippen LogP contribution is -1.92. The Hall–Kier alpha value is -2.75. The number of aromatic hydroxyl groups is 1. The van der Waals surface area contributed by atoms with E-state index in [2.05, 4.69) is 5.10 Å². The number of aryl methyl sites for hydroxylation is 1. The summed E-state index contributed by atoms with van der Waals surface area (Å²) in [6, 6.07) is 14.7. The number of hydrogen-bond acceptors (Lipinski definition) is 3. The summed E-state index contributed by atoms with van der Waals surface area (Å²) in [6.07, 6.45) is 3.46. The van der Waals surface area contributed by atoms with E-state index in [0.717, 1.165) is 11.4 Å². The smallest absolute Gasteiger partial charge is 0.165 e. The monoisotopic (exact) mass is 266 g/mol. The Labute approximate surface area is 116 Å². The van der Waals surface area contributed by atoms with Crippen LogP contribution < -0.4 is 4.74 Å². The first-order chi connectivity index (χ1) is 9.70. The largest absolute Gasteiger partial charge is 0.508 e. The molecule has 0 saturated carbocycles. The van der Waals surface area contributed by atoms with Gasteiger partial charge in [-0.3, -0.25) is 0 Å². The van der Waals surface area contributed by atoms with Crippen molar-refractivity contribution in [3.05, 3.63) is 66.5 Å². The number of benzene rings is 2. The van der Waals surface area contributed by atoms with Crippen molar-refractivity contribution in [1.82, 2.24) is 9.78 Å². The van der Waals surface area contributed by atoms with Gasteiger partial charge in [-0.15, -0.1) is 0 Å². The van der Waals surface area contributed by atoms with E-state index in [1.54, 1.807) is 41.3 Å². The van der Waals surface area contributed by atoms with Crippen LogP contribution in [0.5, 0.6) is 17.2 Å². The van der Waals surface area contributed by atoms with E-state index in [0.29, 0.717) is 5.75 Å². The van der Waals surface area contributed by atoms with Gasteiger partial charge in [-0.05, 0) is 43.3 Å². The topological polar surface area (TPSA) is 47.3 Å². The Balaban J connectivity index is 1.80. The molecule has 0 fully saturated rings. The minimum Gasteiger partial charge on any atom is -0.508 e. The Morgan fingerprint density at radius 3 is 2.35 bits per heavy atom. The standard InChI is InChI=1S/C16H14N2O2/c1-12-2-8-15(9-3-12)20-16-10-17-18(11-16)13-4-6-14(19)7-5-13/h2-11,19H,1H3. The van der Waals surface area contributed by atoms with Crippen molar-refractivity contribution in [2.45, 2.75) is 6.92 Å². The lowest BCUT2D eigenvalue weighted by Gasteiger charge is -2.03. The zero-order chi connectivity index (χ0) is 13.9. The molecule has 0 radical (unpaired) electrons. The van der Waals surface area contributed by atoms with Gasteiger partial charge in [0.25, 0.3) is 0 Å². The van der Waals surface area contributed by atoms with E-state index in [-0.39, 0.29) is 5.75 Å². The number of hydrogen-bond donors (Lipinski definition) is 1.